The molecule has 0 bridgehead atoms. The van der Waals surface area contributed by atoms with Gasteiger partial charge in [0.05, 0.1) is 21.9 Å². The first kappa shape index (κ1) is 24.2. The van der Waals surface area contributed by atoms with Gasteiger partial charge >= 0.3 is 0 Å². The zero-order valence-corrected chi connectivity index (χ0v) is 20.5. The minimum Gasteiger partial charge on any atom is -0.463 e. The van der Waals surface area contributed by atoms with Crippen molar-refractivity contribution in [1.82, 2.24) is 0 Å². The van der Waals surface area contributed by atoms with Crippen LogP contribution in [0.5, 0.6) is 0 Å². The molecule has 6 heteroatoms. The molecule has 0 spiro atoms. The largest absolute Gasteiger partial charge is 0.463 e. The Morgan fingerprint density at radius 1 is 0.649 bits per heavy atom. The summed E-state index contributed by atoms with van der Waals surface area (Å²) in [5, 5.41) is 1.74. The van der Waals surface area contributed by atoms with Gasteiger partial charge in [-0.15, -0.1) is 0 Å². The molecule has 4 aromatic carbocycles. The van der Waals surface area contributed by atoms with Crippen molar-refractivity contribution in [2.75, 3.05) is 0 Å². The molecule has 0 N–H and O–H groups in total. The highest BCUT2D eigenvalue weighted by Crippen LogP contribution is 2.22. The number of para-hydroxylation sites is 1. The lowest BCUT2D eigenvalue weighted by molar-refractivity contribution is 0.604. The predicted octanol–water partition coefficient (Wildman–Crippen LogP) is 8.02. The number of halogens is 2. The lowest BCUT2D eigenvalue weighted by atomic mass is 10.1. The maximum Gasteiger partial charge on any atom is 0.200 e. The highest BCUT2D eigenvalue weighted by atomic mass is 35.5. The Morgan fingerprint density at radius 3 is 2.03 bits per heavy atom. The van der Waals surface area contributed by atoms with E-state index in [-0.39, 0.29) is 16.7 Å². The van der Waals surface area contributed by atoms with Crippen molar-refractivity contribution in [3.8, 4) is 22.3 Å². The lowest BCUT2D eigenvalue weighted by Gasteiger charge is -2.03. The first-order valence-electron chi connectivity index (χ1n) is 11.5. The maximum atomic E-state index is 13.2. The molecule has 0 unspecified atom stereocenters. The van der Waals surface area contributed by atoms with Crippen molar-refractivity contribution in [3.63, 3.8) is 0 Å². The number of fused-ring (bicyclic) bond motifs is 2. The topological polar surface area (TPSA) is 60.4 Å². The van der Waals surface area contributed by atoms with Crippen molar-refractivity contribution in [2.24, 2.45) is 0 Å². The summed E-state index contributed by atoms with van der Waals surface area (Å²) in [7, 11) is 0. The molecule has 0 aliphatic heterocycles. The summed E-state index contributed by atoms with van der Waals surface area (Å²) in [6.07, 6.45) is 2.88. The second-order valence-electron chi connectivity index (χ2n) is 8.47. The van der Waals surface area contributed by atoms with Crippen molar-refractivity contribution in [3.05, 3.63) is 140 Å². The Bertz CT molecular complexity index is 1850. The Labute approximate surface area is 216 Å². The third kappa shape index (κ3) is 5.08. The zero-order chi connectivity index (χ0) is 25.9. The SMILES string of the molecule is Cc1ccc2c(=O)c(-c3ccc(Cl)cc3)coc2c1.O=c1c(-c2cccc(F)c2)coc2ccccc12. The number of hydrogen-bond donors (Lipinski definition) is 0. The monoisotopic (exact) mass is 510 g/mol. The minimum absolute atomic E-state index is 0.0245. The van der Waals surface area contributed by atoms with Crippen LogP contribution in [-0.4, -0.2) is 0 Å². The summed E-state index contributed by atoms with van der Waals surface area (Å²) in [5.41, 5.74) is 4.28. The van der Waals surface area contributed by atoms with E-state index in [1.807, 2.05) is 31.2 Å². The van der Waals surface area contributed by atoms with Gasteiger partial charge in [-0.2, -0.15) is 0 Å². The molecule has 0 radical (unpaired) electrons. The molecule has 0 amide bonds. The molecule has 0 atom stereocenters. The standard InChI is InChI=1S/C16H11ClO2.C15H9FO2/c1-10-2-7-13-15(8-10)19-9-14(16(13)18)11-3-5-12(17)6-4-11;16-11-5-3-4-10(8-11)13-9-18-14-7-2-1-6-12(14)15(13)17/h2-9H,1H3;1-9H. The smallest absolute Gasteiger partial charge is 0.200 e. The first-order chi connectivity index (χ1) is 17.9. The van der Waals surface area contributed by atoms with Gasteiger partial charge in [0.1, 0.15) is 29.5 Å². The van der Waals surface area contributed by atoms with E-state index in [0.29, 0.717) is 43.7 Å². The fourth-order valence-electron chi connectivity index (χ4n) is 4.00. The second-order valence-corrected chi connectivity index (χ2v) is 8.91. The van der Waals surface area contributed by atoms with E-state index in [4.69, 9.17) is 20.4 Å². The van der Waals surface area contributed by atoms with E-state index in [1.165, 1.54) is 24.7 Å². The molecule has 0 aliphatic carbocycles. The van der Waals surface area contributed by atoms with Gasteiger partial charge in [0, 0.05) is 5.02 Å². The first-order valence-corrected chi connectivity index (χ1v) is 11.8. The van der Waals surface area contributed by atoms with Crippen molar-refractivity contribution in [2.45, 2.75) is 6.92 Å². The van der Waals surface area contributed by atoms with Gasteiger partial charge in [-0.1, -0.05) is 54.1 Å². The third-order valence-electron chi connectivity index (χ3n) is 5.90. The molecule has 2 aromatic heterocycles. The van der Waals surface area contributed by atoms with Crippen LogP contribution in [0.25, 0.3) is 44.2 Å². The summed E-state index contributed by atoms with van der Waals surface area (Å²) >= 11 is 5.85. The summed E-state index contributed by atoms with van der Waals surface area (Å²) in [6, 6.07) is 25.6. The molecule has 0 aliphatic rings. The van der Waals surface area contributed by atoms with E-state index >= 15 is 0 Å². The van der Waals surface area contributed by atoms with E-state index < -0.39 is 0 Å². The van der Waals surface area contributed by atoms with Gasteiger partial charge < -0.3 is 8.83 Å². The molecule has 4 nitrogen and oxygen atoms in total. The summed E-state index contributed by atoms with van der Waals surface area (Å²) < 4.78 is 24.1. The molecule has 6 aromatic rings. The second kappa shape index (κ2) is 10.2. The van der Waals surface area contributed by atoms with Crippen LogP contribution in [0.2, 0.25) is 5.02 Å². The fraction of sp³-hybridized carbons (Fsp3) is 0.0323. The predicted molar refractivity (Wildman–Crippen MR) is 146 cm³/mol. The van der Waals surface area contributed by atoms with Crippen LogP contribution in [0.3, 0.4) is 0 Å². The van der Waals surface area contributed by atoms with Crippen LogP contribution >= 0.6 is 11.6 Å². The van der Waals surface area contributed by atoms with E-state index in [0.717, 1.165) is 11.1 Å². The minimum atomic E-state index is -0.375. The average Bonchev–Trinajstić information content (AvgIpc) is 2.90. The number of rotatable bonds is 2. The van der Waals surface area contributed by atoms with E-state index in [2.05, 4.69) is 0 Å². The molecule has 37 heavy (non-hydrogen) atoms. The van der Waals surface area contributed by atoms with Crippen LogP contribution < -0.4 is 10.9 Å². The number of aryl methyl sites for hydroxylation is 1. The van der Waals surface area contributed by atoms with Crippen LogP contribution in [-0.2, 0) is 0 Å². The van der Waals surface area contributed by atoms with Crippen molar-refractivity contribution in [1.29, 1.82) is 0 Å². The molecule has 2 heterocycles. The fourth-order valence-corrected chi connectivity index (χ4v) is 4.12. The molecule has 6 rings (SSSR count). The molecule has 0 fully saturated rings. The van der Waals surface area contributed by atoms with Gasteiger partial charge in [0.15, 0.2) is 10.9 Å². The molecule has 0 saturated heterocycles. The lowest BCUT2D eigenvalue weighted by Crippen LogP contribution is -2.04. The number of hydrogen-bond acceptors (Lipinski definition) is 4. The molecular weight excluding hydrogens is 491 g/mol. The van der Waals surface area contributed by atoms with E-state index in [1.54, 1.807) is 54.6 Å². The Kier molecular flexibility index (Phi) is 6.71. The highest BCUT2D eigenvalue weighted by Gasteiger charge is 2.10. The number of benzene rings is 4. The average molecular weight is 511 g/mol. The molecule has 182 valence electrons. The zero-order valence-electron chi connectivity index (χ0n) is 19.7. The van der Waals surface area contributed by atoms with Crippen LogP contribution in [0.15, 0.2) is 122 Å². The molecular formula is C31H20ClFO4. The molecule has 0 saturated carbocycles. The van der Waals surface area contributed by atoms with Gasteiger partial charge in [-0.3, -0.25) is 9.59 Å². The normalized spacial score (nSPS) is 10.8. The Hall–Kier alpha value is -4.48. The van der Waals surface area contributed by atoms with E-state index in [9.17, 15) is 14.0 Å². The van der Waals surface area contributed by atoms with Crippen LogP contribution in [0.4, 0.5) is 4.39 Å². The highest BCUT2D eigenvalue weighted by molar-refractivity contribution is 6.30. The summed E-state index contributed by atoms with van der Waals surface area (Å²) in [5.74, 6) is -0.375. The third-order valence-corrected chi connectivity index (χ3v) is 6.15. The van der Waals surface area contributed by atoms with Gasteiger partial charge in [-0.05, 0) is 72.1 Å². The maximum absolute atomic E-state index is 13.2. The Balaban J connectivity index is 0.000000152. The summed E-state index contributed by atoms with van der Waals surface area (Å²) in [6.45, 7) is 1.96. The van der Waals surface area contributed by atoms with Crippen molar-refractivity contribution >= 4 is 33.5 Å². The quantitative estimate of drug-likeness (QED) is 0.236. The van der Waals surface area contributed by atoms with Gasteiger partial charge in [0.25, 0.3) is 0 Å². The van der Waals surface area contributed by atoms with Crippen molar-refractivity contribution < 1.29 is 13.2 Å². The summed E-state index contributed by atoms with van der Waals surface area (Å²) in [4.78, 5) is 24.7. The Morgan fingerprint density at radius 2 is 1.30 bits per heavy atom. The van der Waals surface area contributed by atoms with Gasteiger partial charge in [-0.25, -0.2) is 4.39 Å². The van der Waals surface area contributed by atoms with Crippen LogP contribution in [0, 0.1) is 12.7 Å². The van der Waals surface area contributed by atoms with Gasteiger partial charge in [0.2, 0.25) is 0 Å². The van der Waals surface area contributed by atoms with Crippen LogP contribution in [0.1, 0.15) is 5.56 Å².